The lowest BCUT2D eigenvalue weighted by Crippen LogP contribution is -2.18. The number of para-hydroxylation sites is 1. The van der Waals surface area contributed by atoms with Crippen LogP contribution in [0.1, 0.15) is 69.5 Å². The smallest absolute Gasteiger partial charge is 0.411 e. The minimum absolute atomic E-state index is 0.345. The number of aryl methyl sites for hydroxylation is 1. The van der Waals surface area contributed by atoms with E-state index in [9.17, 15) is 4.79 Å². The minimum Gasteiger partial charge on any atom is -0.449 e. The van der Waals surface area contributed by atoms with Crippen LogP contribution in [0.3, 0.4) is 0 Å². The van der Waals surface area contributed by atoms with Crippen LogP contribution in [-0.4, -0.2) is 17.7 Å². The Balaban J connectivity index is 1.62. The average Bonchev–Trinajstić information content (AvgIpc) is 2.67. The molecular weight excluding hydrogens is 324 g/mol. The Morgan fingerprint density at radius 2 is 1.85 bits per heavy atom. The maximum absolute atomic E-state index is 12.3. The van der Waals surface area contributed by atoms with Gasteiger partial charge in [0.1, 0.15) is 0 Å². The minimum atomic E-state index is -0.345. The molecule has 1 amide bonds. The van der Waals surface area contributed by atoms with E-state index in [0.717, 1.165) is 54.4 Å². The third-order valence-corrected chi connectivity index (χ3v) is 5.13. The molecule has 0 fully saturated rings. The van der Waals surface area contributed by atoms with Crippen molar-refractivity contribution in [2.24, 2.45) is 0 Å². The molecule has 0 saturated heterocycles. The topological polar surface area (TPSA) is 51.2 Å². The van der Waals surface area contributed by atoms with Crippen LogP contribution in [0.2, 0.25) is 0 Å². The Bertz CT molecular complexity index is 742. The zero-order valence-corrected chi connectivity index (χ0v) is 15.9. The first-order valence-corrected chi connectivity index (χ1v) is 10.1. The van der Waals surface area contributed by atoms with Crippen molar-refractivity contribution >= 4 is 22.7 Å². The van der Waals surface area contributed by atoms with E-state index in [1.165, 1.54) is 37.7 Å². The summed E-state index contributed by atoms with van der Waals surface area (Å²) in [7, 11) is 0. The standard InChI is InChI=1S/C22H30N2O2/c1-2-3-4-5-6-11-16-26-22(25)24-21-17-12-7-9-14-19(17)23-20-15-10-8-13-18(20)21/h7,9,12,14H,2-6,8,10-11,13,15-16H2,1H3,(H,23,24,25). The molecule has 0 bridgehead atoms. The predicted octanol–water partition coefficient (Wildman–Crippen LogP) is 6.02. The first-order valence-electron chi connectivity index (χ1n) is 10.1. The lowest BCUT2D eigenvalue weighted by atomic mass is 9.93. The molecule has 0 atom stereocenters. The van der Waals surface area contributed by atoms with Crippen LogP contribution in [0.5, 0.6) is 0 Å². The van der Waals surface area contributed by atoms with Gasteiger partial charge in [0.15, 0.2) is 0 Å². The van der Waals surface area contributed by atoms with Crippen LogP contribution in [0.15, 0.2) is 24.3 Å². The van der Waals surface area contributed by atoms with Gasteiger partial charge in [-0.1, -0.05) is 57.2 Å². The van der Waals surface area contributed by atoms with Crippen molar-refractivity contribution in [3.63, 3.8) is 0 Å². The van der Waals surface area contributed by atoms with E-state index in [-0.39, 0.29) is 6.09 Å². The van der Waals surface area contributed by atoms with E-state index in [1.807, 2.05) is 24.3 Å². The van der Waals surface area contributed by atoms with Gasteiger partial charge in [0, 0.05) is 11.1 Å². The SMILES string of the molecule is CCCCCCCCOC(=O)Nc1c2c(nc3ccccc13)CCCC2. The molecule has 140 valence electrons. The molecule has 0 aliphatic heterocycles. The van der Waals surface area contributed by atoms with Crippen LogP contribution in [0.25, 0.3) is 10.9 Å². The molecule has 2 aromatic rings. The molecule has 1 aliphatic rings. The summed E-state index contributed by atoms with van der Waals surface area (Å²) in [5, 5.41) is 4.03. The van der Waals surface area contributed by atoms with Gasteiger partial charge in [-0.2, -0.15) is 0 Å². The predicted molar refractivity (Wildman–Crippen MR) is 107 cm³/mol. The van der Waals surface area contributed by atoms with Crippen LogP contribution < -0.4 is 5.32 Å². The summed E-state index contributed by atoms with van der Waals surface area (Å²) < 4.78 is 5.42. The van der Waals surface area contributed by atoms with E-state index in [0.29, 0.717) is 6.61 Å². The van der Waals surface area contributed by atoms with Crippen molar-refractivity contribution in [2.45, 2.75) is 71.1 Å². The summed E-state index contributed by atoms with van der Waals surface area (Å²) in [5.41, 5.74) is 4.16. The second-order valence-corrected chi connectivity index (χ2v) is 7.16. The van der Waals surface area contributed by atoms with Gasteiger partial charge in [-0.15, -0.1) is 0 Å². The number of benzene rings is 1. The molecule has 1 heterocycles. The number of unbranched alkanes of at least 4 members (excludes halogenated alkanes) is 5. The van der Waals surface area contributed by atoms with E-state index < -0.39 is 0 Å². The lowest BCUT2D eigenvalue weighted by molar-refractivity contribution is 0.159. The number of carbonyl (C=O) groups excluding carboxylic acids is 1. The Morgan fingerprint density at radius 3 is 2.73 bits per heavy atom. The normalized spacial score (nSPS) is 13.4. The summed E-state index contributed by atoms with van der Waals surface area (Å²) in [4.78, 5) is 17.1. The summed E-state index contributed by atoms with van der Waals surface area (Å²) in [6.45, 7) is 2.71. The molecule has 0 radical (unpaired) electrons. The Hall–Kier alpha value is -2.10. The summed E-state index contributed by atoms with van der Waals surface area (Å²) >= 11 is 0. The van der Waals surface area contributed by atoms with Crippen LogP contribution in [0, 0.1) is 0 Å². The maximum atomic E-state index is 12.3. The average molecular weight is 354 g/mol. The fourth-order valence-electron chi connectivity index (χ4n) is 3.70. The van der Waals surface area contributed by atoms with Gasteiger partial charge in [-0.25, -0.2) is 4.79 Å². The van der Waals surface area contributed by atoms with E-state index >= 15 is 0 Å². The molecule has 0 saturated carbocycles. The maximum Gasteiger partial charge on any atom is 0.411 e. The molecule has 26 heavy (non-hydrogen) atoms. The molecule has 1 aromatic carbocycles. The highest BCUT2D eigenvalue weighted by Gasteiger charge is 2.19. The number of aromatic nitrogens is 1. The zero-order valence-electron chi connectivity index (χ0n) is 15.9. The molecule has 1 aromatic heterocycles. The number of ether oxygens (including phenoxy) is 1. The van der Waals surface area contributed by atoms with Gasteiger partial charge in [0.05, 0.1) is 17.8 Å². The van der Waals surface area contributed by atoms with Gasteiger partial charge in [0.2, 0.25) is 0 Å². The summed E-state index contributed by atoms with van der Waals surface area (Å²) in [6.07, 6.45) is 11.0. The Kier molecular flexibility index (Phi) is 6.87. The first-order chi connectivity index (χ1) is 12.8. The van der Waals surface area contributed by atoms with Crippen molar-refractivity contribution in [3.8, 4) is 0 Å². The van der Waals surface area contributed by atoms with Crippen molar-refractivity contribution < 1.29 is 9.53 Å². The number of nitrogens with zero attached hydrogens (tertiary/aromatic N) is 1. The van der Waals surface area contributed by atoms with Crippen molar-refractivity contribution in [2.75, 3.05) is 11.9 Å². The highest BCUT2D eigenvalue weighted by atomic mass is 16.5. The number of nitrogens with one attached hydrogen (secondary N) is 1. The van der Waals surface area contributed by atoms with Gasteiger partial charge in [-0.3, -0.25) is 10.3 Å². The number of rotatable bonds is 8. The second kappa shape index (κ2) is 9.56. The highest BCUT2D eigenvalue weighted by Crippen LogP contribution is 2.33. The largest absolute Gasteiger partial charge is 0.449 e. The third-order valence-electron chi connectivity index (χ3n) is 5.13. The third kappa shape index (κ3) is 4.75. The monoisotopic (exact) mass is 354 g/mol. The van der Waals surface area contributed by atoms with Crippen LogP contribution >= 0.6 is 0 Å². The quantitative estimate of drug-likeness (QED) is 0.589. The molecular formula is C22H30N2O2. The summed E-state index contributed by atoms with van der Waals surface area (Å²) in [5.74, 6) is 0. The number of amides is 1. The second-order valence-electron chi connectivity index (χ2n) is 7.16. The molecule has 0 unspecified atom stereocenters. The van der Waals surface area contributed by atoms with Gasteiger partial charge in [-0.05, 0) is 43.7 Å². The molecule has 1 N–H and O–H groups in total. The van der Waals surface area contributed by atoms with Crippen LogP contribution in [0.4, 0.5) is 10.5 Å². The van der Waals surface area contributed by atoms with Crippen molar-refractivity contribution in [1.29, 1.82) is 0 Å². The van der Waals surface area contributed by atoms with Crippen molar-refractivity contribution in [3.05, 3.63) is 35.5 Å². The lowest BCUT2D eigenvalue weighted by Gasteiger charge is -2.21. The number of anilines is 1. The van der Waals surface area contributed by atoms with E-state index in [4.69, 9.17) is 9.72 Å². The van der Waals surface area contributed by atoms with Gasteiger partial charge in [0.25, 0.3) is 0 Å². The molecule has 4 heteroatoms. The highest BCUT2D eigenvalue weighted by molar-refractivity contribution is 6.00. The van der Waals surface area contributed by atoms with E-state index in [2.05, 4.69) is 12.2 Å². The number of fused-ring (bicyclic) bond motifs is 2. The molecule has 4 nitrogen and oxygen atoms in total. The molecule has 3 rings (SSSR count). The summed E-state index contributed by atoms with van der Waals surface area (Å²) in [6, 6.07) is 8.02. The fourth-order valence-corrected chi connectivity index (χ4v) is 3.70. The zero-order chi connectivity index (χ0) is 18.2. The van der Waals surface area contributed by atoms with Crippen molar-refractivity contribution in [1.82, 2.24) is 4.98 Å². The number of hydrogen-bond donors (Lipinski definition) is 1. The molecule has 1 aliphatic carbocycles. The fraction of sp³-hybridized carbons (Fsp3) is 0.545. The van der Waals surface area contributed by atoms with E-state index in [1.54, 1.807) is 0 Å². The Morgan fingerprint density at radius 1 is 1.08 bits per heavy atom. The number of carbonyl (C=O) groups is 1. The number of pyridine rings is 1. The van der Waals surface area contributed by atoms with Crippen LogP contribution in [-0.2, 0) is 17.6 Å². The number of hydrogen-bond acceptors (Lipinski definition) is 3. The first kappa shape index (κ1) is 18.7. The Labute approximate surface area is 156 Å². The van der Waals surface area contributed by atoms with Gasteiger partial charge < -0.3 is 4.74 Å². The van der Waals surface area contributed by atoms with Gasteiger partial charge >= 0.3 is 6.09 Å². The molecule has 0 spiro atoms.